The first-order chi connectivity index (χ1) is 7.25. The van der Waals surface area contributed by atoms with Crippen molar-refractivity contribution in [3.63, 3.8) is 0 Å². The van der Waals surface area contributed by atoms with Crippen LogP contribution in [-0.2, 0) is 4.74 Å². The van der Waals surface area contributed by atoms with Crippen LogP contribution < -0.4 is 11.1 Å². The van der Waals surface area contributed by atoms with E-state index in [-0.39, 0.29) is 12.1 Å². The van der Waals surface area contributed by atoms with Gasteiger partial charge in [0, 0.05) is 12.6 Å². The molecule has 2 aliphatic rings. The summed E-state index contributed by atoms with van der Waals surface area (Å²) in [5, 5.41) is 3.30. The lowest BCUT2D eigenvalue weighted by atomic mass is 10.2. The Balaban J connectivity index is 1.83. The Hall–Kier alpha value is -0.770. The van der Waals surface area contributed by atoms with Crippen molar-refractivity contribution in [2.24, 2.45) is 10.7 Å². The highest BCUT2D eigenvalue weighted by molar-refractivity contribution is 5.78. The molecule has 2 rings (SSSR count). The fourth-order valence-electron chi connectivity index (χ4n) is 2.39. The summed E-state index contributed by atoms with van der Waals surface area (Å²) in [6.45, 7) is 2.87. The Morgan fingerprint density at radius 1 is 1.33 bits per heavy atom. The van der Waals surface area contributed by atoms with Crippen molar-refractivity contribution in [3.05, 3.63) is 0 Å². The molecule has 0 radical (unpaired) electrons. The third-order valence-electron chi connectivity index (χ3n) is 3.35. The minimum absolute atomic E-state index is 0.217. The standard InChI is InChI=1S/C11H21N3O/c1-8-10(6-7-15-8)14-11(12)13-9-4-2-3-5-9/h8-10H,2-7H2,1H3,(H3,12,13,14). The molecule has 0 aromatic rings. The SMILES string of the molecule is CC1OCCC1N=C(N)NC1CCCC1. The summed E-state index contributed by atoms with van der Waals surface area (Å²) < 4.78 is 5.45. The molecule has 0 aromatic carbocycles. The number of ether oxygens (including phenoxy) is 1. The molecular formula is C11H21N3O. The van der Waals surface area contributed by atoms with Gasteiger partial charge >= 0.3 is 0 Å². The van der Waals surface area contributed by atoms with Crippen molar-refractivity contribution in [1.82, 2.24) is 5.32 Å². The number of hydrogen-bond acceptors (Lipinski definition) is 2. The van der Waals surface area contributed by atoms with Crippen molar-refractivity contribution in [3.8, 4) is 0 Å². The van der Waals surface area contributed by atoms with E-state index < -0.39 is 0 Å². The van der Waals surface area contributed by atoms with E-state index in [1.165, 1.54) is 25.7 Å². The van der Waals surface area contributed by atoms with Gasteiger partial charge in [-0.25, -0.2) is 4.99 Å². The van der Waals surface area contributed by atoms with Crippen molar-refractivity contribution >= 4 is 5.96 Å². The second-order valence-electron chi connectivity index (χ2n) is 4.57. The smallest absolute Gasteiger partial charge is 0.189 e. The molecule has 0 spiro atoms. The van der Waals surface area contributed by atoms with Gasteiger partial charge < -0.3 is 15.8 Å². The summed E-state index contributed by atoms with van der Waals surface area (Å²) in [6, 6.07) is 0.797. The molecule has 4 nitrogen and oxygen atoms in total. The first-order valence-electron chi connectivity index (χ1n) is 5.97. The number of nitrogens with two attached hydrogens (primary N) is 1. The zero-order chi connectivity index (χ0) is 10.7. The quantitative estimate of drug-likeness (QED) is 0.529. The average molecular weight is 211 g/mol. The molecule has 0 aromatic heterocycles. The topological polar surface area (TPSA) is 59.6 Å². The van der Waals surface area contributed by atoms with Crippen molar-refractivity contribution < 1.29 is 4.74 Å². The molecule has 3 N–H and O–H groups in total. The Bertz CT molecular complexity index is 236. The Morgan fingerprint density at radius 2 is 2.07 bits per heavy atom. The van der Waals surface area contributed by atoms with Gasteiger partial charge in [0.1, 0.15) is 0 Å². The lowest BCUT2D eigenvalue weighted by Gasteiger charge is -2.15. The molecule has 4 heteroatoms. The first-order valence-corrected chi connectivity index (χ1v) is 5.97. The maximum atomic E-state index is 5.88. The highest BCUT2D eigenvalue weighted by Gasteiger charge is 2.24. The number of nitrogens with zero attached hydrogens (tertiary/aromatic N) is 1. The molecule has 0 amide bonds. The van der Waals surface area contributed by atoms with E-state index in [2.05, 4.69) is 17.2 Å². The normalized spacial score (nSPS) is 33.5. The molecule has 1 saturated heterocycles. The summed E-state index contributed by atoms with van der Waals surface area (Å²) in [5.74, 6) is 0.601. The Kier molecular flexibility index (Phi) is 3.46. The first kappa shape index (κ1) is 10.7. The van der Waals surface area contributed by atoms with Gasteiger partial charge in [-0.3, -0.25) is 0 Å². The van der Waals surface area contributed by atoms with Gasteiger partial charge in [-0.05, 0) is 26.2 Å². The van der Waals surface area contributed by atoms with Crippen LogP contribution in [0.3, 0.4) is 0 Å². The van der Waals surface area contributed by atoms with Crippen LogP contribution in [0.4, 0.5) is 0 Å². The molecular weight excluding hydrogens is 190 g/mol. The van der Waals surface area contributed by atoms with Gasteiger partial charge in [-0.15, -0.1) is 0 Å². The van der Waals surface area contributed by atoms with E-state index in [1.807, 2.05) is 0 Å². The van der Waals surface area contributed by atoms with Crippen LogP contribution in [0.15, 0.2) is 4.99 Å². The van der Waals surface area contributed by atoms with Gasteiger partial charge in [-0.2, -0.15) is 0 Å². The minimum Gasteiger partial charge on any atom is -0.376 e. The summed E-state index contributed by atoms with van der Waals surface area (Å²) in [4.78, 5) is 4.48. The Labute approximate surface area is 91.3 Å². The monoisotopic (exact) mass is 211 g/mol. The predicted octanol–water partition coefficient (Wildman–Crippen LogP) is 1.01. The molecule has 2 unspecified atom stereocenters. The lowest BCUT2D eigenvalue weighted by molar-refractivity contribution is 0.119. The van der Waals surface area contributed by atoms with Crippen LogP contribution in [0, 0.1) is 0 Å². The summed E-state index contributed by atoms with van der Waals surface area (Å²) >= 11 is 0. The molecule has 15 heavy (non-hydrogen) atoms. The van der Waals surface area contributed by atoms with Gasteiger partial charge in [-0.1, -0.05) is 12.8 Å². The fourth-order valence-corrected chi connectivity index (χ4v) is 2.39. The van der Waals surface area contributed by atoms with E-state index in [0.29, 0.717) is 12.0 Å². The van der Waals surface area contributed by atoms with Crippen LogP contribution in [0.25, 0.3) is 0 Å². The van der Waals surface area contributed by atoms with Gasteiger partial charge in [0.05, 0.1) is 12.1 Å². The molecule has 1 aliphatic heterocycles. The number of rotatable bonds is 2. The zero-order valence-corrected chi connectivity index (χ0v) is 9.41. The van der Waals surface area contributed by atoms with E-state index in [0.717, 1.165) is 13.0 Å². The maximum Gasteiger partial charge on any atom is 0.189 e. The van der Waals surface area contributed by atoms with Crippen LogP contribution in [0.5, 0.6) is 0 Å². The summed E-state index contributed by atoms with van der Waals surface area (Å²) in [5.41, 5.74) is 5.88. The van der Waals surface area contributed by atoms with E-state index in [9.17, 15) is 0 Å². The minimum atomic E-state index is 0.217. The molecule has 1 saturated carbocycles. The molecule has 1 heterocycles. The van der Waals surface area contributed by atoms with Crippen molar-refractivity contribution in [1.29, 1.82) is 0 Å². The van der Waals surface area contributed by atoms with Crippen molar-refractivity contribution in [2.75, 3.05) is 6.61 Å². The molecule has 2 atom stereocenters. The third-order valence-corrected chi connectivity index (χ3v) is 3.35. The summed E-state index contributed by atoms with van der Waals surface area (Å²) in [7, 11) is 0. The largest absolute Gasteiger partial charge is 0.376 e. The van der Waals surface area contributed by atoms with Crippen molar-refractivity contribution in [2.45, 2.75) is 57.2 Å². The number of hydrogen-bond donors (Lipinski definition) is 2. The van der Waals surface area contributed by atoms with E-state index in [1.54, 1.807) is 0 Å². The van der Waals surface area contributed by atoms with Crippen LogP contribution in [0.1, 0.15) is 39.0 Å². The third kappa shape index (κ3) is 2.84. The molecule has 2 fully saturated rings. The van der Waals surface area contributed by atoms with E-state index >= 15 is 0 Å². The fraction of sp³-hybridized carbons (Fsp3) is 0.909. The van der Waals surface area contributed by atoms with Gasteiger partial charge in [0.2, 0.25) is 0 Å². The van der Waals surface area contributed by atoms with Crippen LogP contribution in [0.2, 0.25) is 0 Å². The predicted molar refractivity (Wildman–Crippen MR) is 60.8 cm³/mol. The average Bonchev–Trinajstić information content (AvgIpc) is 2.79. The molecule has 0 bridgehead atoms. The number of nitrogens with one attached hydrogen (secondary N) is 1. The highest BCUT2D eigenvalue weighted by Crippen LogP contribution is 2.18. The lowest BCUT2D eigenvalue weighted by Crippen LogP contribution is -2.40. The van der Waals surface area contributed by atoms with Crippen LogP contribution in [-0.4, -0.2) is 30.8 Å². The zero-order valence-electron chi connectivity index (χ0n) is 9.41. The number of aliphatic imine (C=N–C) groups is 1. The Morgan fingerprint density at radius 3 is 2.67 bits per heavy atom. The second kappa shape index (κ2) is 4.84. The van der Waals surface area contributed by atoms with Gasteiger partial charge in [0.15, 0.2) is 5.96 Å². The maximum absolute atomic E-state index is 5.88. The molecule has 86 valence electrons. The molecule has 1 aliphatic carbocycles. The summed E-state index contributed by atoms with van der Waals surface area (Å²) in [6.07, 6.45) is 6.30. The van der Waals surface area contributed by atoms with Crippen LogP contribution >= 0.6 is 0 Å². The number of guanidine groups is 1. The highest BCUT2D eigenvalue weighted by atomic mass is 16.5. The van der Waals surface area contributed by atoms with E-state index in [4.69, 9.17) is 10.5 Å². The second-order valence-corrected chi connectivity index (χ2v) is 4.57. The van der Waals surface area contributed by atoms with Gasteiger partial charge in [0.25, 0.3) is 0 Å².